The van der Waals surface area contributed by atoms with Gasteiger partial charge in [0.25, 0.3) is 0 Å². The van der Waals surface area contributed by atoms with Gasteiger partial charge in [-0.05, 0) is 12.5 Å². The van der Waals surface area contributed by atoms with Crippen molar-refractivity contribution in [2.45, 2.75) is 32.7 Å². The molecule has 19 heavy (non-hydrogen) atoms. The number of nitrogens with zero attached hydrogens (tertiary/aromatic N) is 4. The molecule has 0 unspecified atom stereocenters. The van der Waals surface area contributed by atoms with Gasteiger partial charge in [0.2, 0.25) is 5.95 Å². The molecule has 2 aromatic heterocycles. The van der Waals surface area contributed by atoms with E-state index in [4.69, 9.17) is 5.73 Å². The molecule has 102 valence electrons. The van der Waals surface area contributed by atoms with Crippen LogP contribution in [0.1, 0.15) is 32.0 Å². The lowest BCUT2D eigenvalue weighted by molar-refractivity contribution is 0.600. The zero-order chi connectivity index (χ0) is 13.7. The van der Waals surface area contributed by atoms with Crippen LogP contribution in [0, 0.1) is 0 Å². The van der Waals surface area contributed by atoms with Crippen LogP contribution < -0.4 is 11.1 Å². The van der Waals surface area contributed by atoms with Gasteiger partial charge < -0.3 is 15.6 Å². The summed E-state index contributed by atoms with van der Waals surface area (Å²) < 4.78 is 2.19. The molecule has 0 aliphatic carbocycles. The molecule has 6 heteroatoms. The van der Waals surface area contributed by atoms with Crippen molar-refractivity contribution in [1.29, 1.82) is 0 Å². The number of imidazole rings is 1. The van der Waals surface area contributed by atoms with Crippen LogP contribution in [-0.2, 0) is 6.54 Å². The zero-order valence-electron chi connectivity index (χ0n) is 11.4. The molecule has 0 amide bonds. The van der Waals surface area contributed by atoms with Crippen LogP contribution in [0.2, 0.25) is 0 Å². The average molecular weight is 260 g/mol. The Hall–Kier alpha value is -2.11. The van der Waals surface area contributed by atoms with Gasteiger partial charge in [-0.3, -0.25) is 0 Å². The maximum atomic E-state index is 5.59. The first-order valence-electron chi connectivity index (χ1n) is 6.50. The Kier molecular flexibility index (Phi) is 4.33. The Bertz CT molecular complexity index is 519. The first-order chi connectivity index (χ1) is 9.16. The Morgan fingerprint density at radius 1 is 1.32 bits per heavy atom. The number of aromatic nitrogens is 4. The van der Waals surface area contributed by atoms with E-state index < -0.39 is 0 Å². The molecule has 0 atom stereocenters. The molecule has 0 bridgehead atoms. The van der Waals surface area contributed by atoms with Gasteiger partial charge in [-0.2, -0.15) is 4.98 Å². The fourth-order valence-electron chi connectivity index (χ4n) is 1.92. The monoisotopic (exact) mass is 260 g/mol. The van der Waals surface area contributed by atoms with E-state index >= 15 is 0 Å². The smallest absolute Gasteiger partial charge is 0.224 e. The van der Waals surface area contributed by atoms with E-state index in [1.54, 1.807) is 12.3 Å². The van der Waals surface area contributed by atoms with Crippen LogP contribution in [0.25, 0.3) is 0 Å². The van der Waals surface area contributed by atoms with E-state index in [2.05, 4.69) is 38.7 Å². The lowest BCUT2D eigenvalue weighted by Gasteiger charge is -2.10. The highest BCUT2D eigenvalue weighted by Gasteiger charge is 2.06. The highest BCUT2D eigenvalue weighted by atomic mass is 15.1. The lowest BCUT2D eigenvalue weighted by Crippen LogP contribution is -2.11. The van der Waals surface area contributed by atoms with Crippen molar-refractivity contribution in [1.82, 2.24) is 19.5 Å². The van der Waals surface area contributed by atoms with Gasteiger partial charge in [0.1, 0.15) is 11.6 Å². The molecular formula is C13H20N6. The van der Waals surface area contributed by atoms with E-state index in [0.29, 0.717) is 17.7 Å². The average Bonchev–Trinajstić information content (AvgIpc) is 2.83. The summed E-state index contributed by atoms with van der Waals surface area (Å²) in [6.07, 6.45) is 6.50. The molecule has 0 aliphatic heterocycles. The highest BCUT2D eigenvalue weighted by molar-refractivity contribution is 5.34. The Morgan fingerprint density at radius 3 is 2.89 bits per heavy atom. The standard InChI is InChI=1S/C13H20N6/c1-10(2)12-15-7-9-19(12)8-3-5-16-13-17-6-4-11(14)18-13/h4,6-7,9-10H,3,5,8H2,1-2H3,(H3,14,16,17,18). The fraction of sp³-hybridized carbons (Fsp3) is 0.462. The topological polar surface area (TPSA) is 81.7 Å². The summed E-state index contributed by atoms with van der Waals surface area (Å²) in [6, 6.07) is 1.67. The summed E-state index contributed by atoms with van der Waals surface area (Å²) in [5, 5.41) is 3.16. The Morgan fingerprint density at radius 2 is 2.16 bits per heavy atom. The van der Waals surface area contributed by atoms with Gasteiger partial charge in [-0.1, -0.05) is 13.8 Å². The van der Waals surface area contributed by atoms with E-state index in [-0.39, 0.29) is 0 Å². The number of nitrogens with one attached hydrogen (secondary N) is 1. The number of nitrogen functional groups attached to an aromatic ring is 1. The van der Waals surface area contributed by atoms with Crippen LogP contribution in [0.3, 0.4) is 0 Å². The molecule has 2 heterocycles. The molecule has 2 rings (SSSR count). The second-order valence-corrected chi connectivity index (χ2v) is 4.72. The molecule has 3 N–H and O–H groups in total. The van der Waals surface area contributed by atoms with Gasteiger partial charge >= 0.3 is 0 Å². The normalized spacial score (nSPS) is 10.9. The summed E-state index contributed by atoms with van der Waals surface area (Å²) in [5.74, 6) is 2.63. The van der Waals surface area contributed by atoms with Crippen LogP contribution in [-0.4, -0.2) is 26.1 Å². The van der Waals surface area contributed by atoms with Crippen LogP contribution >= 0.6 is 0 Å². The summed E-state index contributed by atoms with van der Waals surface area (Å²) in [7, 11) is 0. The molecule has 0 fully saturated rings. The molecule has 6 nitrogen and oxygen atoms in total. The minimum Gasteiger partial charge on any atom is -0.384 e. The van der Waals surface area contributed by atoms with Crippen molar-refractivity contribution in [2.75, 3.05) is 17.6 Å². The van der Waals surface area contributed by atoms with Gasteiger partial charge in [-0.15, -0.1) is 0 Å². The third-order valence-electron chi connectivity index (χ3n) is 2.80. The van der Waals surface area contributed by atoms with Crippen molar-refractivity contribution in [3.05, 3.63) is 30.5 Å². The second kappa shape index (κ2) is 6.17. The van der Waals surface area contributed by atoms with Crippen molar-refractivity contribution in [3.63, 3.8) is 0 Å². The first kappa shape index (κ1) is 13.3. The number of nitrogens with two attached hydrogens (primary N) is 1. The van der Waals surface area contributed by atoms with Crippen LogP contribution in [0.15, 0.2) is 24.7 Å². The molecule has 0 spiro atoms. The molecule has 0 aromatic carbocycles. The predicted molar refractivity (Wildman–Crippen MR) is 75.9 cm³/mol. The highest BCUT2D eigenvalue weighted by Crippen LogP contribution is 2.12. The van der Waals surface area contributed by atoms with Gasteiger partial charge in [0.15, 0.2) is 0 Å². The summed E-state index contributed by atoms with van der Waals surface area (Å²) in [4.78, 5) is 12.6. The van der Waals surface area contributed by atoms with E-state index in [9.17, 15) is 0 Å². The van der Waals surface area contributed by atoms with Crippen LogP contribution in [0.5, 0.6) is 0 Å². The number of hydrogen-bond donors (Lipinski definition) is 2. The van der Waals surface area contributed by atoms with Gasteiger partial charge in [0, 0.05) is 37.6 Å². The molecule has 0 saturated carbocycles. The number of aryl methyl sites for hydroxylation is 1. The van der Waals surface area contributed by atoms with Gasteiger partial charge in [0.05, 0.1) is 0 Å². The van der Waals surface area contributed by atoms with Crippen molar-refractivity contribution in [2.24, 2.45) is 0 Å². The van der Waals surface area contributed by atoms with E-state index in [1.165, 1.54) is 0 Å². The van der Waals surface area contributed by atoms with Crippen molar-refractivity contribution in [3.8, 4) is 0 Å². The number of anilines is 2. The quantitative estimate of drug-likeness (QED) is 0.775. The SMILES string of the molecule is CC(C)c1nccn1CCCNc1nccc(N)n1. The van der Waals surface area contributed by atoms with Crippen LogP contribution in [0.4, 0.5) is 11.8 Å². The van der Waals surface area contributed by atoms with E-state index in [0.717, 1.165) is 25.3 Å². The third kappa shape index (κ3) is 3.67. The maximum Gasteiger partial charge on any atom is 0.224 e. The lowest BCUT2D eigenvalue weighted by atomic mass is 10.2. The van der Waals surface area contributed by atoms with Crippen molar-refractivity contribution >= 4 is 11.8 Å². The van der Waals surface area contributed by atoms with Crippen molar-refractivity contribution < 1.29 is 0 Å². The third-order valence-corrected chi connectivity index (χ3v) is 2.80. The Labute approximate surface area is 113 Å². The fourth-order valence-corrected chi connectivity index (χ4v) is 1.92. The molecule has 0 aliphatic rings. The first-order valence-corrected chi connectivity index (χ1v) is 6.50. The molecule has 0 radical (unpaired) electrons. The minimum absolute atomic E-state index is 0.445. The Balaban J connectivity index is 1.79. The number of hydrogen-bond acceptors (Lipinski definition) is 5. The summed E-state index contributed by atoms with van der Waals surface area (Å²) in [6.45, 7) is 6.04. The second-order valence-electron chi connectivity index (χ2n) is 4.72. The molecule has 0 saturated heterocycles. The molecule has 2 aromatic rings. The largest absolute Gasteiger partial charge is 0.384 e. The zero-order valence-corrected chi connectivity index (χ0v) is 11.4. The van der Waals surface area contributed by atoms with Gasteiger partial charge in [-0.25, -0.2) is 9.97 Å². The number of rotatable bonds is 6. The van der Waals surface area contributed by atoms with E-state index in [1.807, 2.05) is 12.4 Å². The molecular weight excluding hydrogens is 240 g/mol. The summed E-state index contributed by atoms with van der Waals surface area (Å²) in [5.41, 5.74) is 5.59. The maximum absolute atomic E-state index is 5.59. The summed E-state index contributed by atoms with van der Waals surface area (Å²) >= 11 is 0. The minimum atomic E-state index is 0.445. The predicted octanol–water partition coefficient (Wildman–Crippen LogP) is 1.88.